The maximum atomic E-state index is 11.9. The number of nitrogens with one attached hydrogen (secondary N) is 1. The van der Waals surface area contributed by atoms with Crippen molar-refractivity contribution in [2.75, 3.05) is 26.8 Å². The summed E-state index contributed by atoms with van der Waals surface area (Å²) in [5.74, 6) is 0.418. The Hall–Kier alpha value is -0.650. The molecule has 0 spiro atoms. The van der Waals surface area contributed by atoms with Crippen molar-refractivity contribution >= 4 is 5.91 Å². The lowest BCUT2D eigenvalue weighted by molar-refractivity contribution is -0.122. The third kappa shape index (κ3) is 9.82. The van der Waals surface area contributed by atoms with E-state index in [-0.39, 0.29) is 17.9 Å². The zero-order chi connectivity index (χ0) is 16.5. The summed E-state index contributed by atoms with van der Waals surface area (Å²) < 4.78 is 4.94. The number of methoxy groups -OCH3 is 1. The van der Waals surface area contributed by atoms with Gasteiger partial charge in [0.25, 0.3) is 0 Å². The predicted molar refractivity (Wildman–Crippen MR) is 86.0 cm³/mol. The molecule has 2 atom stereocenters. The molecule has 0 bridgehead atoms. The van der Waals surface area contributed by atoms with E-state index < -0.39 is 5.60 Å². The molecule has 0 aromatic carbocycles. The van der Waals surface area contributed by atoms with Crippen LogP contribution in [0.5, 0.6) is 0 Å². The molecule has 0 aromatic heterocycles. The van der Waals surface area contributed by atoms with Crippen LogP contribution in [0.3, 0.4) is 0 Å². The Bertz CT molecular complexity index is 298. The molecular weight excluding hydrogens is 268 g/mol. The summed E-state index contributed by atoms with van der Waals surface area (Å²) in [6.45, 7) is 9.63. The first-order valence-corrected chi connectivity index (χ1v) is 7.80. The molecule has 4 N–H and O–H groups in total. The van der Waals surface area contributed by atoms with Gasteiger partial charge in [-0.1, -0.05) is 20.8 Å². The van der Waals surface area contributed by atoms with Gasteiger partial charge in [0.2, 0.25) is 5.91 Å². The molecule has 0 rings (SSSR count). The first kappa shape index (κ1) is 20.3. The Morgan fingerprint density at radius 2 is 1.90 bits per heavy atom. The van der Waals surface area contributed by atoms with Gasteiger partial charge in [0.1, 0.15) is 0 Å². The van der Waals surface area contributed by atoms with E-state index in [0.717, 1.165) is 12.8 Å². The van der Waals surface area contributed by atoms with E-state index in [2.05, 4.69) is 26.1 Å². The second-order valence-corrected chi connectivity index (χ2v) is 7.20. The van der Waals surface area contributed by atoms with Gasteiger partial charge in [-0.2, -0.15) is 0 Å². The second kappa shape index (κ2) is 9.38. The van der Waals surface area contributed by atoms with Gasteiger partial charge in [0.05, 0.1) is 5.60 Å². The molecule has 0 aromatic rings. The van der Waals surface area contributed by atoms with Gasteiger partial charge in [-0.25, -0.2) is 0 Å². The molecule has 5 heteroatoms. The van der Waals surface area contributed by atoms with Crippen LogP contribution in [0, 0.1) is 11.3 Å². The molecule has 1 amide bonds. The first-order valence-electron chi connectivity index (χ1n) is 7.80. The van der Waals surface area contributed by atoms with E-state index in [1.165, 1.54) is 0 Å². The third-order valence-corrected chi connectivity index (χ3v) is 3.97. The summed E-state index contributed by atoms with van der Waals surface area (Å²) in [5.41, 5.74) is 4.88. The van der Waals surface area contributed by atoms with Crippen LogP contribution >= 0.6 is 0 Å². The molecule has 21 heavy (non-hydrogen) atoms. The highest BCUT2D eigenvalue weighted by atomic mass is 16.5. The Morgan fingerprint density at radius 3 is 2.38 bits per heavy atom. The third-order valence-electron chi connectivity index (χ3n) is 3.97. The zero-order valence-corrected chi connectivity index (χ0v) is 14.4. The van der Waals surface area contributed by atoms with Crippen molar-refractivity contribution in [3.05, 3.63) is 0 Å². The number of rotatable bonds is 10. The fraction of sp³-hybridized carbons (Fsp3) is 0.938. The van der Waals surface area contributed by atoms with E-state index in [9.17, 15) is 9.90 Å². The number of amides is 1. The van der Waals surface area contributed by atoms with E-state index in [0.29, 0.717) is 31.9 Å². The smallest absolute Gasteiger partial charge is 0.220 e. The molecule has 0 radical (unpaired) electrons. The van der Waals surface area contributed by atoms with E-state index >= 15 is 0 Å². The minimum Gasteiger partial charge on any atom is -0.388 e. The average molecular weight is 302 g/mol. The second-order valence-electron chi connectivity index (χ2n) is 7.20. The number of nitrogens with two attached hydrogens (primary N) is 1. The Kier molecular flexibility index (Phi) is 9.09. The van der Waals surface area contributed by atoms with Gasteiger partial charge in [0.15, 0.2) is 0 Å². The first-order chi connectivity index (χ1) is 9.62. The van der Waals surface area contributed by atoms with Crippen LogP contribution in [0.25, 0.3) is 0 Å². The van der Waals surface area contributed by atoms with Crippen molar-refractivity contribution in [3.8, 4) is 0 Å². The molecule has 0 saturated carbocycles. The Labute approximate surface area is 129 Å². The number of carbonyl (C=O) groups excluding carboxylic acids is 1. The van der Waals surface area contributed by atoms with E-state index in [1.54, 1.807) is 14.0 Å². The summed E-state index contributed by atoms with van der Waals surface area (Å²) in [4.78, 5) is 11.9. The van der Waals surface area contributed by atoms with E-state index in [4.69, 9.17) is 10.5 Å². The molecule has 2 unspecified atom stereocenters. The number of hydrogen-bond acceptors (Lipinski definition) is 4. The van der Waals surface area contributed by atoms with Crippen molar-refractivity contribution in [2.24, 2.45) is 17.1 Å². The summed E-state index contributed by atoms with van der Waals surface area (Å²) in [5, 5.41) is 12.9. The standard InChI is InChI=1S/C16H34N2O3/c1-15(2,3)13(8-10-17)6-7-14(19)18-12-16(4,20)9-11-21-5/h13,20H,6-12,17H2,1-5H3,(H,18,19). The number of aliphatic hydroxyl groups is 1. The molecule has 126 valence electrons. The largest absolute Gasteiger partial charge is 0.388 e. The maximum Gasteiger partial charge on any atom is 0.220 e. The molecule has 0 aliphatic carbocycles. The normalized spacial score (nSPS) is 16.3. The lowest BCUT2D eigenvalue weighted by atomic mass is 9.76. The SMILES string of the molecule is COCCC(C)(O)CNC(=O)CCC(CCN)C(C)(C)C. The highest BCUT2D eigenvalue weighted by molar-refractivity contribution is 5.75. The summed E-state index contributed by atoms with van der Waals surface area (Å²) in [6, 6.07) is 0. The van der Waals surface area contributed by atoms with Crippen LogP contribution in [0.1, 0.15) is 53.4 Å². The van der Waals surface area contributed by atoms with Crippen molar-refractivity contribution < 1.29 is 14.6 Å². The molecule has 0 saturated heterocycles. The van der Waals surface area contributed by atoms with Gasteiger partial charge < -0.3 is 20.9 Å². The fourth-order valence-electron chi connectivity index (χ4n) is 2.30. The minimum atomic E-state index is -0.924. The van der Waals surface area contributed by atoms with Crippen molar-refractivity contribution in [1.82, 2.24) is 5.32 Å². The molecular formula is C16H34N2O3. The van der Waals surface area contributed by atoms with Crippen LogP contribution in [-0.2, 0) is 9.53 Å². The van der Waals surface area contributed by atoms with Crippen molar-refractivity contribution in [3.63, 3.8) is 0 Å². The van der Waals surface area contributed by atoms with Gasteiger partial charge in [0, 0.05) is 33.1 Å². The topological polar surface area (TPSA) is 84.6 Å². The van der Waals surface area contributed by atoms with Gasteiger partial charge in [-0.15, -0.1) is 0 Å². The van der Waals surface area contributed by atoms with Crippen LogP contribution in [-0.4, -0.2) is 43.4 Å². The molecule has 0 aliphatic heterocycles. The molecule has 5 nitrogen and oxygen atoms in total. The predicted octanol–water partition coefficient (Wildman–Crippen LogP) is 1.68. The summed E-state index contributed by atoms with van der Waals surface area (Å²) >= 11 is 0. The highest BCUT2D eigenvalue weighted by Crippen LogP contribution is 2.31. The number of ether oxygens (including phenoxy) is 1. The molecule has 0 fully saturated rings. The average Bonchev–Trinajstić information content (AvgIpc) is 2.37. The van der Waals surface area contributed by atoms with Gasteiger partial charge in [-0.05, 0) is 37.6 Å². The van der Waals surface area contributed by atoms with Gasteiger partial charge >= 0.3 is 0 Å². The summed E-state index contributed by atoms with van der Waals surface area (Å²) in [6.07, 6.45) is 2.74. The van der Waals surface area contributed by atoms with E-state index in [1.807, 2.05) is 0 Å². The van der Waals surface area contributed by atoms with Gasteiger partial charge in [-0.3, -0.25) is 4.79 Å². The Balaban J connectivity index is 4.14. The van der Waals surface area contributed by atoms with Crippen LogP contribution < -0.4 is 11.1 Å². The summed E-state index contributed by atoms with van der Waals surface area (Å²) in [7, 11) is 1.60. The van der Waals surface area contributed by atoms with Crippen molar-refractivity contribution in [1.29, 1.82) is 0 Å². The zero-order valence-electron chi connectivity index (χ0n) is 14.4. The monoisotopic (exact) mass is 302 g/mol. The van der Waals surface area contributed by atoms with Crippen LogP contribution in [0.4, 0.5) is 0 Å². The van der Waals surface area contributed by atoms with Crippen LogP contribution in [0.15, 0.2) is 0 Å². The lowest BCUT2D eigenvalue weighted by Crippen LogP contribution is -2.41. The quantitative estimate of drug-likeness (QED) is 0.573. The Morgan fingerprint density at radius 1 is 1.29 bits per heavy atom. The van der Waals surface area contributed by atoms with Crippen molar-refractivity contribution in [2.45, 2.75) is 59.0 Å². The maximum absolute atomic E-state index is 11.9. The highest BCUT2D eigenvalue weighted by Gasteiger charge is 2.25. The minimum absolute atomic E-state index is 0.0148. The fourth-order valence-corrected chi connectivity index (χ4v) is 2.30. The lowest BCUT2D eigenvalue weighted by Gasteiger charge is -2.30. The van der Waals surface area contributed by atoms with Crippen LogP contribution in [0.2, 0.25) is 0 Å². The molecule has 0 aliphatic rings. The number of hydrogen-bond donors (Lipinski definition) is 3. The number of carbonyl (C=O) groups is 1. The molecule has 0 heterocycles.